The first-order valence-corrected chi connectivity index (χ1v) is 10.7. The molecule has 168 valence electrons. The second kappa shape index (κ2) is 8.99. The van der Waals surface area contributed by atoms with Crippen LogP contribution in [0.1, 0.15) is 34.1 Å². The van der Waals surface area contributed by atoms with Crippen LogP contribution in [0.5, 0.6) is 11.5 Å². The lowest BCUT2D eigenvalue weighted by Crippen LogP contribution is -2.31. The third-order valence-corrected chi connectivity index (χ3v) is 5.57. The van der Waals surface area contributed by atoms with Gasteiger partial charge in [0.15, 0.2) is 18.1 Å². The summed E-state index contributed by atoms with van der Waals surface area (Å²) in [6.45, 7) is 0.388. The summed E-state index contributed by atoms with van der Waals surface area (Å²) in [5.74, 6) is 0.518. The van der Waals surface area contributed by atoms with Crippen LogP contribution in [0.15, 0.2) is 70.4 Å². The summed E-state index contributed by atoms with van der Waals surface area (Å²) in [6.07, 6.45) is 2.00. The second-order valence-corrected chi connectivity index (χ2v) is 7.90. The molecule has 1 amide bonds. The summed E-state index contributed by atoms with van der Waals surface area (Å²) in [4.78, 5) is 25.5. The van der Waals surface area contributed by atoms with Crippen LogP contribution in [0.4, 0.5) is 0 Å². The number of rotatable bonds is 5. The number of benzene rings is 2. The van der Waals surface area contributed by atoms with Crippen molar-refractivity contribution in [3.8, 4) is 11.5 Å². The van der Waals surface area contributed by atoms with Gasteiger partial charge in [0, 0.05) is 11.4 Å². The molecule has 2 aromatic carbocycles. The van der Waals surface area contributed by atoms with E-state index in [-0.39, 0.29) is 5.56 Å². The quantitative estimate of drug-likeness (QED) is 0.522. The van der Waals surface area contributed by atoms with Gasteiger partial charge in [-0.15, -0.1) is 0 Å². The fourth-order valence-electron chi connectivity index (χ4n) is 3.71. The highest BCUT2D eigenvalue weighted by Crippen LogP contribution is 2.34. The van der Waals surface area contributed by atoms with Gasteiger partial charge in [-0.25, -0.2) is 9.80 Å². The van der Waals surface area contributed by atoms with Crippen LogP contribution in [-0.4, -0.2) is 42.4 Å². The maximum absolute atomic E-state index is 13.0. The van der Waals surface area contributed by atoms with Gasteiger partial charge in [0.2, 0.25) is 0 Å². The van der Waals surface area contributed by atoms with Gasteiger partial charge in [-0.2, -0.15) is 5.10 Å². The number of hydrazone groups is 1. The lowest BCUT2D eigenvalue weighted by molar-refractivity contribution is -0.136. The third-order valence-electron chi connectivity index (χ3n) is 5.32. The van der Waals surface area contributed by atoms with Crippen molar-refractivity contribution < 1.29 is 28.2 Å². The van der Waals surface area contributed by atoms with Crippen molar-refractivity contribution in [3.63, 3.8) is 0 Å². The van der Waals surface area contributed by atoms with Gasteiger partial charge in [-0.1, -0.05) is 23.7 Å². The molecule has 0 bridgehead atoms. The van der Waals surface area contributed by atoms with E-state index in [1.165, 1.54) is 5.01 Å². The standard InChI is InChI=1S/C24H19ClN2O6/c25-17-6-3-15(4-7-17)18-13-19(20-2-1-9-30-20)27(26-18)23(28)14-33-24(29)16-5-8-21-22(12-16)32-11-10-31-21/h1-9,12,19H,10-11,13-14H2. The van der Waals surface area contributed by atoms with Crippen molar-refractivity contribution in [1.82, 2.24) is 5.01 Å². The Morgan fingerprint density at radius 1 is 1.06 bits per heavy atom. The maximum Gasteiger partial charge on any atom is 0.338 e. The summed E-state index contributed by atoms with van der Waals surface area (Å²) in [6, 6.07) is 15.1. The number of furan rings is 1. The molecule has 5 rings (SSSR count). The number of hydrogen-bond acceptors (Lipinski definition) is 7. The smallest absolute Gasteiger partial charge is 0.338 e. The summed E-state index contributed by atoms with van der Waals surface area (Å²) in [5.41, 5.74) is 1.82. The predicted molar refractivity (Wildman–Crippen MR) is 119 cm³/mol. The Morgan fingerprint density at radius 2 is 1.85 bits per heavy atom. The Morgan fingerprint density at radius 3 is 2.61 bits per heavy atom. The monoisotopic (exact) mass is 466 g/mol. The summed E-state index contributed by atoms with van der Waals surface area (Å²) < 4.78 is 21.7. The van der Waals surface area contributed by atoms with Crippen molar-refractivity contribution in [1.29, 1.82) is 0 Å². The normalized spacial score (nSPS) is 16.9. The van der Waals surface area contributed by atoms with Gasteiger partial charge in [0.25, 0.3) is 5.91 Å². The van der Waals surface area contributed by atoms with E-state index in [2.05, 4.69) is 5.10 Å². The Bertz CT molecular complexity index is 1210. The molecule has 0 spiro atoms. The molecule has 33 heavy (non-hydrogen) atoms. The van der Waals surface area contributed by atoms with Gasteiger partial charge >= 0.3 is 5.97 Å². The molecule has 0 saturated carbocycles. The van der Waals surface area contributed by atoms with Crippen LogP contribution in [0, 0.1) is 0 Å². The Hall–Kier alpha value is -3.78. The van der Waals surface area contributed by atoms with Crippen LogP contribution < -0.4 is 9.47 Å². The number of carbonyl (C=O) groups is 2. The lowest BCUT2D eigenvalue weighted by Gasteiger charge is -2.20. The van der Waals surface area contributed by atoms with E-state index in [4.69, 9.17) is 30.2 Å². The molecule has 0 radical (unpaired) electrons. The largest absolute Gasteiger partial charge is 0.486 e. The number of hydrogen-bond donors (Lipinski definition) is 0. The van der Waals surface area contributed by atoms with Crippen LogP contribution in [-0.2, 0) is 9.53 Å². The van der Waals surface area contributed by atoms with Gasteiger partial charge < -0.3 is 18.6 Å². The molecule has 9 heteroatoms. The van der Waals surface area contributed by atoms with Gasteiger partial charge in [-0.05, 0) is 48.0 Å². The van der Waals surface area contributed by atoms with Crippen molar-refractivity contribution in [2.24, 2.45) is 5.10 Å². The highest BCUT2D eigenvalue weighted by Gasteiger charge is 2.35. The minimum Gasteiger partial charge on any atom is -0.486 e. The number of esters is 1. The average Bonchev–Trinajstić information content (AvgIpc) is 3.53. The summed E-state index contributed by atoms with van der Waals surface area (Å²) in [5, 5.41) is 6.42. The number of halogens is 1. The molecule has 3 aromatic rings. The molecule has 0 fully saturated rings. The Kier molecular flexibility index (Phi) is 5.75. The predicted octanol–water partition coefficient (Wildman–Crippen LogP) is 4.24. The minimum absolute atomic E-state index is 0.265. The van der Waals surface area contributed by atoms with E-state index < -0.39 is 24.5 Å². The molecule has 2 aliphatic rings. The zero-order valence-corrected chi connectivity index (χ0v) is 18.2. The molecule has 3 heterocycles. The molecule has 0 N–H and O–H groups in total. The van der Waals surface area contributed by atoms with Gasteiger partial charge in [0.1, 0.15) is 25.0 Å². The van der Waals surface area contributed by atoms with E-state index in [9.17, 15) is 9.59 Å². The van der Waals surface area contributed by atoms with E-state index in [0.29, 0.717) is 47.6 Å². The molecule has 1 aromatic heterocycles. The Balaban J connectivity index is 1.31. The average molecular weight is 467 g/mol. The highest BCUT2D eigenvalue weighted by molar-refractivity contribution is 6.30. The van der Waals surface area contributed by atoms with Crippen molar-refractivity contribution in [2.45, 2.75) is 12.5 Å². The molecule has 1 unspecified atom stereocenters. The molecular weight excluding hydrogens is 448 g/mol. The fourth-order valence-corrected chi connectivity index (χ4v) is 3.83. The number of amides is 1. The van der Waals surface area contributed by atoms with E-state index in [1.807, 2.05) is 12.1 Å². The molecule has 8 nitrogen and oxygen atoms in total. The highest BCUT2D eigenvalue weighted by atomic mass is 35.5. The first-order chi connectivity index (χ1) is 16.1. The molecular formula is C24H19ClN2O6. The third kappa shape index (κ3) is 4.42. The molecule has 2 aliphatic heterocycles. The van der Waals surface area contributed by atoms with Crippen LogP contribution in [0.25, 0.3) is 0 Å². The van der Waals surface area contributed by atoms with E-state index in [0.717, 1.165) is 5.56 Å². The fraction of sp³-hybridized carbons (Fsp3) is 0.208. The first-order valence-electron chi connectivity index (χ1n) is 10.3. The molecule has 0 saturated heterocycles. The molecule has 0 aliphatic carbocycles. The van der Waals surface area contributed by atoms with E-state index >= 15 is 0 Å². The summed E-state index contributed by atoms with van der Waals surface area (Å²) >= 11 is 5.99. The van der Waals surface area contributed by atoms with Crippen LogP contribution >= 0.6 is 11.6 Å². The number of fused-ring (bicyclic) bond motifs is 1. The topological polar surface area (TPSA) is 90.6 Å². The maximum atomic E-state index is 13.0. The van der Waals surface area contributed by atoms with Crippen molar-refractivity contribution in [2.75, 3.05) is 19.8 Å². The van der Waals surface area contributed by atoms with Crippen molar-refractivity contribution in [3.05, 3.63) is 82.8 Å². The van der Waals surface area contributed by atoms with Gasteiger partial charge in [0.05, 0.1) is 17.5 Å². The first kappa shape index (κ1) is 21.1. The second-order valence-electron chi connectivity index (χ2n) is 7.46. The Labute approximate surface area is 194 Å². The lowest BCUT2D eigenvalue weighted by atomic mass is 10.0. The minimum atomic E-state index is -0.643. The van der Waals surface area contributed by atoms with Gasteiger partial charge in [-0.3, -0.25) is 4.79 Å². The van der Waals surface area contributed by atoms with Crippen LogP contribution in [0.2, 0.25) is 5.02 Å². The number of ether oxygens (including phenoxy) is 3. The zero-order chi connectivity index (χ0) is 22.8. The summed E-state index contributed by atoms with van der Waals surface area (Å²) in [7, 11) is 0. The zero-order valence-electron chi connectivity index (χ0n) is 17.4. The number of carbonyl (C=O) groups excluding carboxylic acids is 2. The van der Waals surface area contributed by atoms with E-state index in [1.54, 1.807) is 48.7 Å². The molecule has 1 atom stereocenters. The van der Waals surface area contributed by atoms with Crippen LogP contribution in [0.3, 0.4) is 0 Å². The van der Waals surface area contributed by atoms with Crippen molar-refractivity contribution >= 4 is 29.2 Å². The SMILES string of the molecule is O=C(OCC(=O)N1N=C(c2ccc(Cl)cc2)CC1c1ccco1)c1ccc2c(c1)OCCO2. The number of nitrogens with zero attached hydrogens (tertiary/aromatic N) is 2.